The van der Waals surface area contributed by atoms with Gasteiger partial charge in [-0.2, -0.15) is 0 Å². The molecule has 102 valence electrons. The number of likely N-dealkylation sites (N-methyl/N-ethyl adjacent to an activating group) is 1. The van der Waals surface area contributed by atoms with Crippen LogP contribution in [0.3, 0.4) is 0 Å². The highest BCUT2D eigenvalue weighted by Crippen LogP contribution is 2.47. The minimum absolute atomic E-state index is 0.0261. The SMILES string of the molecule is CN1CCc2cccc3c2[C@H]1Cc1cc(O)c(O)cc1-3. The summed E-state index contributed by atoms with van der Waals surface area (Å²) < 4.78 is 0. The first-order chi connectivity index (χ1) is 9.65. The predicted molar refractivity (Wildman–Crippen MR) is 78.0 cm³/mol. The Morgan fingerprint density at radius 2 is 1.85 bits per heavy atom. The first-order valence-electron chi connectivity index (χ1n) is 7.02. The average Bonchev–Trinajstić information content (AvgIpc) is 2.45. The van der Waals surface area contributed by atoms with Gasteiger partial charge in [0.05, 0.1) is 0 Å². The van der Waals surface area contributed by atoms with Crippen molar-refractivity contribution in [3.63, 3.8) is 0 Å². The van der Waals surface area contributed by atoms with E-state index in [-0.39, 0.29) is 11.5 Å². The minimum atomic E-state index is -0.0380. The van der Waals surface area contributed by atoms with Crippen LogP contribution in [-0.4, -0.2) is 28.7 Å². The molecule has 0 aromatic heterocycles. The van der Waals surface area contributed by atoms with Crippen LogP contribution in [0.2, 0.25) is 0 Å². The maximum Gasteiger partial charge on any atom is 0.158 e. The fraction of sp³-hybridized carbons (Fsp3) is 0.294. The van der Waals surface area contributed by atoms with Crippen LogP contribution in [0.25, 0.3) is 11.1 Å². The van der Waals surface area contributed by atoms with Gasteiger partial charge in [-0.15, -0.1) is 0 Å². The monoisotopic (exact) mass is 267 g/mol. The quantitative estimate of drug-likeness (QED) is 0.721. The molecule has 1 heterocycles. The Kier molecular flexibility index (Phi) is 2.36. The summed E-state index contributed by atoms with van der Waals surface area (Å²) in [4.78, 5) is 2.39. The molecule has 0 fully saturated rings. The van der Waals surface area contributed by atoms with E-state index in [0.717, 1.165) is 30.5 Å². The summed E-state index contributed by atoms with van der Waals surface area (Å²) in [5.74, 6) is -0.0641. The van der Waals surface area contributed by atoms with Crippen LogP contribution in [0.4, 0.5) is 0 Å². The second-order valence-corrected chi connectivity index (χ2v) is 5.83. The number of phenolic OH excluding ortho intramolecular Hbond substituents is 2. The Morgan fingerprint density at radius 3 is 2.70 bits per heavy atom. The summed E-state index contributed by atoms with van der Waals surface area (Å²) in [6.07, 6.45) is 1.97. The van der Waals surface area contributed by atoms with E-state index in [1.165, 1.54) is 16.7 Å². The van der Waals surface area contributed by atoms with Gasteiger partial charge in [0, 0.05) is 12.6 Å². The fourth-order valence-electron chi connectivity index (χ4n) is 3.64. The molecule has 0 unspecified atom stereocenters. The van der Waals surface area contributed by atoms with Crippen LogP contribution < -0.4 is 0 Å². The molecule has 4 rings (SSSR count). The molecular weight excluding hydrogens is 250 g/mol. The van der Waals surface area contributed by atoms with Crippen LogP contribution in [-0.2, 0) is 12.8 Å². The normalized spacial score (nSPS) is 20.4. The summed E-state index contributed by atoms with van der Waals surface area (Å²) in [6.45, 7) is 1.07. The van der Waals surface area contributed by atoms with E-state index >= 15 is 0 Å². The predicted octanol–water partition coefficient (Wildman–Crippen LogP) is 2.85. The van der Waals surface area contributed by atoms with Crippen LogP contribution in [0.5, 0.6) is 11.5 Å². The molecule has 0 saturated carbocycles. The second-order valence-electron chi connectivity index (χ2n) is 5.83. The lowest BCUT2D eigenvalue weighted by molar-refractivity contribution is 0.228. The molecule has 1 aliphatic carbocycles. The van der Waals surface area contributed by atoms with E-state index in [1.54, 1.807) is 12.1 Å². The molecule has 1 atom stereocenters. The molecule has 0 amide bonds. The van der Waals surface area contributed by atoms with Gasteiger partial charge < -0.3 is 10.2 Å². The molecule has 2 N–H and O–H groups in total. The van der Waals surface area contributed by atoms with Crippen LogP contribution in [0, 0.1) is 0 Å². The fourth-order valence-corrected chi connectivity index (χ4v) is 3.64. The average molecular weight is 267 g/mol. The highest BCUT2D eigenvalue weighted by atomic mass is 16.3. The van der Waals surface area contributed by atoms with Crippen molar-refractivity contribution >= 4 is 0 Å². The van der Waals surface area contributed by atoms with Gasteiger partial charge in [-0.25, -0.2) is 0 Å². The maximum absolute atomic E-state index is 9.80. The molecule has 3 heteroatoms. The number of phenols is 2. The molecule has 1 aliphatic heterocycles. The smallest absolute Gasteiger partial charge is 0.158 e. The van der Waals surface area contributed by atoms with E-state index in [0.29, 0.717) is 6.04 Å². The third-order valence-corrected chi connectivity index (χ3v) is 4.70. The zero-order valence-electron chi connectivity index (χ0n) is 11.4. The van der Waals surface area contributed by atoms with Crippen molar-refractivity contribution in [2.45, 2.75) is 18.9 Å². The van der Waals surface area contributed by atoms with Crippen molar-refractivity contribution in [1.82, 2.24) is 4.90 Å². The Hall–Kier alpha value is -2.00. The Balaban J connectivity index is 2.02. The summed E-state index contributed by atoms with van der Waals surface area (Å²) in [5.41, 5.74) is 6.20. The molecule has 0 saturated heterocycles. The number of aromatic hydroxyl groups is 2. The zero-order valence-corrected chi connectivity index (χ0v) is 11.4. The van der Waals surface area contributed by atoms with Crippen molar-refractivity contribution < 1.29 is 10.2 Å². The Morgan fingerprint density at radius 1 is 1.05 bits per heavy atom. The number of nitrogens with zero attached hydrogens (tertiary/aromatic N) is 1. The first-order valence-corrected chi connectivity index (χ1v) is 7.02. The topological polar surface area (TPSA) is 43.7 Å². The molecular formula is C17H17NO2. The van der Waals surface area contributed by atoms with Gasteiger partial charge in [0.25, 0.3) is 0 Å². The van der Waals surface area contributed by atoms with E-state index in [9.17, 15) is 10.2 Å². The van der Waals surface area contributed by atoms with Crippen LogP contribution in [0.15, 0.2) is 30.3 Å². The van der Waals surface area contributed by atoms with Crippen molar-refractivity contribution in [2.24, 2.45) is 0 Å². The summed E-state index contributed by atoms with van der Waals surface area (Å²) in [6, 6.07) is 10.2. The molecule has 2 aromatic rings. The molecule has 0 bridgehead atoms. The third-order valence-electron chi connectivity index (χ3n) is 4.70. The zero-order chi connectivity index (χ0) is 13.9. The first kappa shape index (κ1) is 11.8. The summed E-state index contributed by atoms with van der Waals surface area (Å²) in [7, 11) is 2.16. The standard InChI is InChI=1S/C17H17NO2/c1-18-6-5-10-3-2-4-12-13-9-16(20)15(19)8-11(13)7-14(18)17(10)12/h2-4,8-9,14,19-20H,5-7H2,1H3/t14-/m1/s1. The maximum atomic E-state index is 9.80. The van der Waals surface area contributed by atoms with Crippen molar-refractivity contribution in [3.05, 3.63) is 47.0 Å². The van der Waals surface area contributed by atoms with Crippen LogP contribution >= 0.6 is 0 Å². The number of rotatable bonds is 0. The molecule has 3 nitrogen and oxygen atoms in total. The van der Waals surface area contributed by atoms with Crippen molar-refractivity contribution in [1.29, 1.82) is 0 Å². The Bertz CT molecular complexity index is 708. The number of benzene rings is 2. The summed E-state index contributed by atoms with van der Waals surface area (Å²) in [5, 5.41) is 19.6. The second kappa shape index (κ2) is 4.00. The van der Waals surface area contributed by atoms with Gasteiger partial charge >= 0.3 is 0 Å². The Labute approximate surface area is 118 Å². The summed E-state index contributed by atoms with van der Waals surface area (Å²) >= 11 is 0. The largest absolute Gasteiger partial charge is 0.504 e. The number of hydrogen-bond acceptors (Lipinski definition) is 3. The molecule has 20 heavy (non-hydrogen) atoms. The highest BCUT2D eigenvalue weighted by molar-refractivity contribution is 5.77. The number of hydrogen-bond donors (Lipinski definition) is 2. The van der Waals surface area contributed by atoms with E-state index in [1.807, 2.05) is 0 Å². The van der Waals surface area contributed by atoms with Gasteiger partial charge in [0.15, 0.2) is 11.5 Å². The number of fused-ring (bicyclic) bond motifs is 2. The molecule has 2 aromatic carbocycles. The van der Waals surface area contributed by atoms with Gasteiger partial charge in [-0.1, -0.05) is 18.2 Å². The van der Waals surface area contributed by atoms with Crippen LogP contribution in [0.1, 0.15) is 22.7 Å². The molecule has 0 radical (unpaired) electrons. The van der Waals surface area contributed by atoms with Gasteiger partial charge in [0.1, 0.15) is 0 Å². The van der Waals surface area contributed by atoms with Gasteiger partial charge in [-0.3, -0.25) is 4.90 Å². The lowest BCUT2D eigenvalue weighted by Crippen LogP contribution is -2.35. The van der Waals surface area contributed by atoms with Gasteiger partial charge in [0.2, 0.25) is 0 Å². The van der Waals surface area contributed by atoms with E-state index in [4.69, 9.17) is 0 Å². The van der Waals surface area contributed by atoms with Crippen molar-refractivity contribution in [2.75, 3.05) is 13.6 Å². The van der Waals surface area contributed by atoms with Crippen molar-refractivity contribution in [3.8, 4) is 22.6 Å². The minimum Gasteiger partial charge on any atom is -0.504 e. The lowest BCUT2D eigenvalue weighted by atomic mass is 9.77. The highest BCUT2D eigenvalue weighted by Gasteiger charge is 2.32. The third kappa shape index (κ3) is 1.50. The molecule has 2 aliphatic rings. The van der Waals surface area contributed by atoms with E-state index in [2.05, 4.69) is 30.1 Å². The lowest BCUT2D eigenvalue weighted by Gasteiger charge is -2.39. The van der Waals surface area contributed by atoms with E-state index < -0.39 is 0 Å². The molecule has 0 spiro atoms. The van der Waals surface area contributed by atoms with Gasteiger partial charge in [-0.05, 0) is 59.8 Å².